The van der Waals surface area contributed by atoms with Gasteiger partial charge in [-0.3, -0.25) is 9.59 Å². The molecule has 3 rings (SSSR count). The number of nitrogens with zero attached hydrogens (tertiary/aromatic N) is 1. The van der Waals surface area contributed by atoms with Gasteiger partial charge in [-0.1, -0.05) is 18.2 Å². The van der Waals surface area contributed by atoms with Crippen LogP contribution in [-0.2, 0) is 20.7 Å². The topological polar surface area (TPSA) is 59.8 Å². The summed E-state index contributed by atoms with van der Waals surface area (Å²) in [7, 11) is 1.35. The van der Waals surface area contributed by atoms with Gasteiger partial charge in [-0.25, -0.2) is 0 Å². The lowest BCUT2D eigenvalue weighted by atomic mass is 10.1. The van der Waals surface area contributed by atoms with E-state index in [0.717, 1.165) is 16.7 Å². The number of benzene rings is 1. The third-order valence-electron chi connectivity index (χ3n) is 3.85. The van der Waals surface area contributed by atoms with E-state index in [1.807, 2.05) is 30.3 Å². The number of hydrogen-bond donors (Lipinski definition) is 0. The third-order valence-corrected chi connectivity index (χ3v) is 3.85. The maximum absolute atomic E-state index is 11.9. The molecule has 0 radical (unpaired) electrons. The Kier molecular flexibility index (Phi) is 3.64. The average Bonchev–Trinajstić information content (AvgIpc) is 3.07. The molecule has 0 bridgehead atoms. The van der Waals surface area contributed by atoms with Crippen molar-refractivity contribution in [3.63, 3.8) is 0 Å². The minimum absolute atomic E-state index is 0.00140. The van der Waals surface area contributed by atoms with Gasteiger partial charge in [0.15, 0.2) is 0 Å². The van der Waals surface area contributed by atoms with Crippen LogP contribution in [0.4, 0.5) is 0 Å². The fourth-order valence-corrected chi connectivity index (χ4v) is 2.72. The average molecular weight is 287 g/mol. The van der Waals surface area contributed by atoms with Crippen molar-refractivity contribution in [2.24, 2.45) is 5.92 Å². The second-order valence-electron chi connectivity index (χ2n) is 5.26. The number of carbonyl (C=O) groups is 2. The molecule has 2 heterocycles. The molecule has 21 heavy (non-hydrogen) atoms. The molecule has 1 aliphatic heterocycles. The van der Waals surface area contributed by atoms with Crippen LogP contribution in [0.3, 0.4) is 0 Å². The number of esters is 1. The van der Waals surface area contributed by atoms with Gasteiger partial charge in [-0.2, -0.15) is 0 Å². The molecule has 110 valence electrons. The first kappa shape index (κ1) is 13.7. The number of para-hydroxylation sites is 1. The predicted molar refractivity (Wildman–Crippen MR) is 76.6 cm³/mol. The first-order chi connectivity index (χ1) is 10.2. The van der Waals surface area contributed by atoms with Crippen LogP contribution in [0.1, 0.15) is 12.2 Å². The van der Waals surface area contributed by atoms with Gasteiger partial charge in [0.25, 0.3) is 0 Å². The van der Waals surface area contributed by atoms with Crippen LogP contribution in [0.15, 0.2) is 34.7 Å². The van der Waals surface area contributed by atoms with E-state index in [1.165, 1.54) is 7.11 Å². The number of carbonyl (C=O) groups excluding carboxylic acids is 2. The molecule has 1 fully saturated rings. The van der Waals surface area contributed by atoms with Crippen LogP contribution in [0.5, 0.6) is 0 Å². The molecule has 0 saturated carbocycles. The second-order valence-corrected chi connectivity index (χ2v) is 5.26. The summed E-state index contributed by atoms with van der Waals surface area (Å²) in [5.41, 5.74) is 0.854. The quantitative estimate of drug-likeness (QED) is 0.807. The molecule has 5 heteroatoms. The van der Waals surface area contributed by atoms with Gasteiger partial charge >= 0.3 is 5.97 Å². The predicted octanol–water partition coefficient (Wildman–Crippen LogP) is 2.00. The fraction of sp³-hybridized carbons (Fsp3) is 0.375. The van der Waals surface area contributed by atoms with Crippen molar-refractivity contribution in [1.82, 2.24) is 4.90 Å². The van der Waals surface area contributed by atoms with Gasteiger partial charge in [-0.05, 0) is 12.1 Å². The standard InChI is InChI=1S/C16H17NO4/c1-20-16(19)12-9-15(18)17(10-12)7-6-13-8-11-4-2-3-5-14(11)21-13/h2-5,8,12H,6-7,9-10H2,1H3. The first-order valence-electron chi connectivity index (χ1n) is 7.00. The zero-order valence-electron chi connectivity index (χ0n) is 11.9. The Morgan fingerprint density at radius 1 is 1.43 bits per heavy atom. The second kappa shape index (κ2) is 5.60. The molecule has 2 aromatic rings. The minimum atomic E-state index is -0.335. The van der Waals surface area contributed by atoms with Crippen molar-refractivity contribution < 1.29 is 18.7 Å². The summed E-state index contributed by atoms with van der Waals surface area (Å²) >= 11 is 0. The van der Waals surface area contributed by atoms with E-state index in [9.17, 15) is 9.59 Å². The van der Waals surface area contributed by atoms with Gasteiger partial charge in [0.1, 0.15) is 11.3 Å². The number of fused-ring (bicyclic) bond motifs is 1. The van der Waals surface area contributed by atoms with Gasteiger partial charge in [0, 0.05) is 31.3 Å². The number of furan rings is 1. The Balaban J connectivity index is 1.62. The molecule has 1 amide bonds. The van der Waals surface area contributed by atoms with E-state index in [0.29, 0.717) is 19.5 Å². The molecule has 1 atom stereocenters. The molecule has 0 N–H and O–H groups in total. The number of methoxy groups -OCH3 is 1. The number of likely N-dealkylation sites (tertiary alicyclic amines) is 1. The van der Waals surface area contributed by atoms with E-state index in [4.69, 9.17) is 9.15 Å². The minimum Gasteiger partial charge on any atom is -0.469 e. The van der Waals surface area contributed by atoms with Gasteiger partial charge in [0.2, 0.25) is 5.91 Å². The first-order valence-corrected chi connectivity index (χ1v) is 7.00. The van der Waals surface area contributed by atoms with E-state index < -0.39 is 0 Å². The molecule has 0 spiro atoms. The Morgan fingerprint density at radius 3 is 3.00 bits per heavy atom. The maximum Gasteiger partial charge on any atom is 0.310 e. The SMILES string of the molecule is COC(=O)C1CC(=O)N(CCc2cc3ccccc3o2)C1. The zero-order valence-corrected chi connectivity index (χ0v) is 11.9. The van der Waals surface area contributed by atoms with Crippen LogP contribution in [0, 0.1) is 5.92 Å². The lowest BCUT2D eigenvalue weighted by Crippen LogP contribution is -2.28. The van der Waals surface area contributed by atoms with E-state index >= 15 is 0 Å². The summed E-state index contributed by atoms with van der Waals surface area (Å²) in [6.45, 7) is 0.998. The van der Waals surface area contributed by atoms with Crippen molar-refractivity contribution in [3.05, 3.63) is 36.1 Å². The fourth-order valence-electron chi connectivity index (χ4n) is 2.72. The van der Waals surface area contributed by atoms with E-state index in [-0.39, 0.29) is 24.2 Å². The lowest BCUT2D eigenvalue weighted by molar-refractivity contribution is -0.145. The highest BCUT2D eigenvalue weighted by Crippen LogP contribution is 2.22. The molecule has 1 saturated heterocycles. The molecule has 1 aromatic carbocycles. The lowest BCUT2D eigenvalue weighted by Gasteiger charge is -2.15. The van der Waals surface area contributed by atoms with Crippen LogP contribution >= 0.6 is 0 Å². The van der Waals surface area contributed by atoms with Gasteiger partial charge < -0.3 is 14.1 Å². The molecular weight excluding hydrogens is 270 g/mol. The monoisotopic (exact) mass is 287 g/mol. The van der Waals surface area contributed by atoms with E-state index in [2.05, 4.69) is 0 Å². The molecule has 1 aliphatic rings. The maximum atomic E-state index is 11.9. The van der Waals surface area contributed by atoms with Gasteiger partial charge in [0.05, 0.1) is 13.0 Å². The summed E-state index contributed by atoms with van der Waals surface area (Å²) in [5.74, 6) is 0.208. The Morgan fingerprint density at radius 2 is 2.24 bits per heavy atom. The van der Waals surface area contributed by atoms with Crippen molar-refractivity contribution in [2.75, 3.05) is 20.2 Å². The number of ether oxygens (including phenoxy) is 1. The third kappa shape index (κ3) is 2.77. The van der Waals surface area contributed by atoms with Crippen LogP contribution < -0.4 is 0 Å². The number of rotatable bonds is 4. The highest BCUT2D eigenvalue weighted by Gasteiger charge is 2.34. The molecule has 5 nitrogen and oxygen atoms in total. The highest BCUT2D eigenvalue weighted by atomic mass is 16.5. The van der Waals surface area contributed by atoms with Crippen molar-refractivity contribution in [3.8, 4) is 0 Å². The van der Waals surface area contributed by atoms with Crippen LogP contribution in [-0.4, -0.2) is 37.0 Å². The van der Waals surface area contributed by atoms with Crippen molar-refractivity contribution >= 4 is 22.8 Å². The summed E-state index contributed by atoms with van der Waals surface area (Å²) in [6.07, 6.45) is 0.890. The zero-order chi connectivity index (χ0) is 14.8. The molecule has 1 aromatic heterocycles. The van der Waals surface area contributed by atoms with E-state index in [1.54, 1.807) is 4.90 Å². The van der Waals surface area contributed by atoms with Crippen molar-refractivity contribution in [2.45, 2.75) is 12.8 Å². The van der Waals surface area contributed by atoms with Crippen LogP contribution in [0.2, 0.25) is 0 Å². The largest absolute Gasteiger partial charge is 0.469 e. The normalized spacial score (nSPS) is 18.4. The molecule has 0 aliphatic carbocycles. The summed E-state index contributed by atoms with van der Waals surface area (Å²) in [4.78, 5) is 25.1. The smallest absolute Gasteiger partial charge is 0.310 e. The molecular formula is C16H17NO4. The van der Waals surface area contributed by atoms with Crippen molar-refractivity contribution in [1.29, 1.82) is 0 Å². The molecule has 1 unspecified atom stereocenters. The van der Waals surface area contributed by atoms with Crippen LogP contribution in [0.25, 0.3) is 11.0 Å². The number of amides is 1. The Labute approximate surface area is 122 Å². The number of hydrogen-bond acceptors (Lipinski definition) is 4. The van der Waals surface area contributed by atoms with Gasteiger partial charge in [-0.15, -0.1) is 0 Å². The Bertz CT molecular complexity index is 643. The highest BCUT2D eigenvalue weighted by molar-refractivity contribution is 5.86. The summed E-state index contributed by atoms with van der Waals surface area (Å²) in [6, 6.07) is 9.81. The summed E-state index contributed by atoms with van der Waals surface area (Å²) in [5, 5.41) is 1.06. The Hall–Kier alpha value is -2.30. The summed E-state index contributed by atoms with van der Waals surface area (Å²) < 4.78 is 10.4.